The maximum atomic E-state index is 10.1. The Morgan fingerprint density at radius 2 is 1.58 bits per heavy atom. The molecule has 176 valence electrons. The Labute approximate surface area is 220 Å². The fourth-order valence-corrected chi connectivity index (χ4v) is 5.49. The number of halogens is 2. The molecule has 1 aliphatic rings. The van der Waals surface area contributed by atoms with Crippen molar-refractivity contribution in [3.8, 4) is 10.6 Å². The number of carbonyl (C=O) groups is 1. The first-order valence-corrected chi connectivity index (χ1v) is 13.8. The third-order valence-electron chi connectivity index (χ3n) is 3.74. The van der Waals surface area contributed by atoms with Crippen LogP contribution in [-0.2, 0) is 0 Å². The van der Waals surface area contributed by atoms with E-state index in [1.54, 1.807) is 17.6 Å². The molecule has 0 bridgehead atoms. The van der Waals surface area contributed by atoms with Gasteiger partial charge in [0, 0.05) is 41.2 Å². The Hall–Kier alpha value is -1.67. The number of aldehydes is 1. The molecule has 7 nitrogen and oxygen atoms in total. The number of piperazine rings is 1. The van der Waals surface area contributed by atoms with Crippen LogP contribution in [0.1, 0.15) is 14.5 Å². The summed E-state index contributed by atoms with van der Waals surface area (Å²) in [6.45, 7) is 4.56. The Balaban J connectivity index is 0.000000158. The topological polar surface area (TPSA) is 99.8 Å². The minimum Gasteiger partial charge on any atom is -0.411 e. The summed E-state index contributed by atoms with van der Waals surface area (Å²) in [6.07, 6.45) is 3.82. The highest BCUT2D eigenvalue weighted by Crippen LogP contribution is 2.22. The van der Waals surface area contributed by atoms with E-state index in [2.05, 4.69) is 52.8 Å². The Morgan fingerprint density at radius 1 is 0.939 bits per heavy atom. The van der Waals surface area contributed by atoms with Crippen molar-refractivity contribution >= 4 is 78.4 Å². The molecule has 3 N–H and O–H groups in total. The number of rotatable bonds is 3. The molecule has 0 aliphatic carbocycles. The van der Waals surface area contributed by atoms with Gasteiger partial charge in [-0.15, -0.1) is 34.0 Å². The van der Waals surface area contributed by atoms with E-state index in [4.69, 9.17) is 9.73 Å². The number of oxime groups is 1. The summed E-state index contributed by atoms with van der Waals surface area (Å²) in [4.78, 5) is 12.9. The second-order valence-electron chi connectivity index (χ2n) is 5.99. The molecule has 33 heavy (non-hydrogen) atoms. The molecule has 0 atom stereocenters. The number of nitrogens with one attached hydrogen (secondary N) is 2. The largest absolute Gasteiger partial charge is 0.411 e. The molecule has 0 aromatic carbocycles. The number of thiophene rings is 3. The zero-order valence-corrected chi connectivity index (χ0v) is 22.9. The molecule has 12 heteroatoms. The van der Waals surface area contributed by atoms with Gasteiger partial charge in [-0.25, -0.2) is 0 Å². The van der Waals surface area contributed by atoms with Crippen molar-refractivity contribution in [3.63, 3.8) is 0 Å². The summed E-state index contributed by atoms with van der Waals surface area (Å²) >= 11 is 11.1. The third kappa shape index (κ3) is 10.9. The van der Waals surface area contributed by atoms with Crippen molar-refractivity contribution in [2.24, 2.45) is 5.16 Å². The van der Waals surface area contributed by atoms with Crippen molar-refractivity contribution in [2.45, 2.75) is 0 Å². The van der Waals surface area contributed by atoms with Gasteiger partial charge in [0.2, 0.25) is 0 Å². The fourth-order valence-electron chi connectivity index (χ4n) is 2.21. The number of hydrogen-bond donors (Lipinski definition) is 3. The van der Waals surface area contributed by atoms with Crippen LogP contribution < -0.4 is 10.6 Å². The van der Waals surface area contributed by atoms with E-state index in [0.29, 0.717) is 0 Å². The normalized spacial score (nSPS) is 12.5. The highest BCUT2D eigenvalue weighted by molar-refractivity contribution is 9.11. The van der Waals surface area contributed by atoms with Gasteiger partial charge in [0.25, 0.3) is 0 Å². The summed E-state index contributed by atoms with van der Waals surface area (Å²) in [5.74, 6) is 0. The van der Waals surface area contributed by atoms with E-state index in [1.807, 2.05) is 46.5 Å². The first kappa shape index (κ1) is 27.6. The lowest BCUT2D eigenvalue weighted by Gasteiger charge is -2.11. The Kier molecular flexibility index (Phi) is 14.1. The van der Waals surface area contributed by atoms with Crippen LogP contribution >= 0.6 is 65.9 Å². The van der Waals surface area contributed by atoms with E-state index in [1.165, 1.54) is 28.9 Å². The van der Waals surface area contributed by atoms with Crippen LogP contribution in [0.2, 0.25) is 0 Å². The smallest absolute Gasteiger partial charge is 0.161 e. The van der Waals surface area contributed by atoms with Gasteiger partial charge in [-0.3, -0.25) is 4.79 Å². The van der Waals surface area contributed by atoms with Gasteiger partial charge in [-0.05, 0) is 66.2 Å². The average Bonchev–Trinajstić information content (AvgIpc) is 3.66. The van der Waals surface area contributed by atoms with Crippen molar-refractivity contribution in [3.05, 3.63) is 71.4 Å². The van der Waals surface area contributed by atoms with Gasteiger partial charge < -0.3 is 20.4 Å². The minimum absolute atomic E-state index is 0.755. The Morgan fingerprint density at radius 3 is 1.94 bits per heavy atom. The lowest BCUT2D eigenvalue weighted by atomic mass is 10.4. The first-order chi connectivity index (χ1) is 16.2. The molecule has 4 aromatic heterocycles. The molecule has 0 radical (unpaired) electrons. The van der Waals surface area contributed by atoms with Crippen LogP contribution in [0.3, 0.4) is 0 Å². The zero-order valence-electron chi connectivity index (χ0n) is 17.3. The lowest BCUT2D eigenvalue weighted by molar-refractivity contribution is 0.112. The van der Waals surface area contributed by atoms with Gasteiger partial charge in [0.1, 0.15) is 12.0 Å². The van der Waals surface area contributed by atoms with Crippen molar-refractivity contribution in [2.75, 3.05) is 26.2 Å². The van der Waals surface area contributed by atoms with Crippen molar-refractivity contribution in [1.29, 1.82) is 0 Å². The van der Waals surface area contributed by atoms with Gasteiger partial charge in [-0.1, -0.05) is 16.4 Å². The molecular formula is C21H22Br2N4O3S3. The molecule has 1 aliphatic heterocycles. The molecule has 1 saturated heterocycles. The van der Waals surface area contributed by atoms with Gasteiger partial charge >= 0.3 is 0 Å². The summed E-state index contributed by atoms with van der Waals surface area (Å²) in [7, 11) is 0. The number of carbonyl (C=O) groups excluding carboxylic acids is 1. The second-order valence-corrected chi connectivity index (χ2v) is 10.5. The molecular weight excluding hydrogens is 612 g/mol. The fraction of sp³-hybridized carbons (Fsp3) is 0.190. The van der Waals surface area contributed by atoms with Crippen molar-refractivity contribution in [1.82, 2.24) is 15.8 Å². The van der Waals surface area contributed by atoms with E-state index in [0.717, 1.165) is 61.7 Å². The van der Waals surface area contributed by atoms with Crippen LogP contribution in [0.25, 0.3) is 10.6 Å². The maximum Gasteiger partial charge on any atom is 0.161 e. The zero-order chi connectivity index (χ0) is 23.7. The molecule has 5 heterocycles. The summed E-state index contributed by atoms with van der Waals surface area (Å²) in [6, 6.07) is 9.62. The number of aromatic nitrogens is 1. The third-order valence-corrected chi connectivity index (χ3v) is 8.23. The molecule has 5 rings (SSSR count). The van der Waals surface area contributed by atoms with Crippen LogP contribution in [0, 0.1) is 0 Å². The highest BCUT2D eigenvalue weighted by atomic mass is 79.9. The monoisotopic (exact) mass is 632 g/mol. The predicted molar refractivity (Wildman–Crippen MR) is 144 cm³/mol. The molecule has 1 fully saturated rings. The first-order valence-electron chi connectivity index (χ1n) is 9.60. The highest BCUT2D eigenvalue weighted by Gasteiger charge is 1.99. The van der Waals surface area contributed by atoms with E-state index >= 15 is 0 Å². The summed E-state index contributed by atoms with van der Waals surface area (Å²) in [5, 5.41) is 27.1. The molecule has 4 aromatic rings. The average molecular weight is 634 g/mol. The number of nitrogens with zero attached hydrogens (tertiary/aromatic N) is 2. The molecule has 0 unspecified atom stereocenters. The van der Waals surface area contributed by atoms with E-state index in [9.17, 15) is 4.79 Å². The van der Waals surface area contributed by atoms with Crippen LogP contribution in [-0.4, -0.2) is 49.0 Å². The SMILES string of the molecule is C1CNCCN1.O=Cc1sccc1Br.ON=Cc1sccc1Br.c1csc(-c2ccon2)c1. The van der Waals surface area contributed by atoms with E-state index in [-0.39, 0.29) is 0 Å². The van der Waals surface area contributed by atoms with Gasteiger partial charge in [-0.2, -0.15) is 0 Å². The summed E-state index contributed by atoms with van der Waals surface area (Å²) in [5.41, 5.74) is 0.912. The van der Waals surface area contributed by atoms with Crippen molar-refractivity contribution < 1.29 is 14.5 Å². The molecule has 0 spiro atoms. The quantitative estimate of drug-likeness (QED) is 0.107. The van der Waals surface area contributed by atoms with Crippen LogP contribution in [0.15, 0.2) is 71.4 Å². The Bertz CT molecular complexity index is 1000. The molecule has 0 amide bonds. The standard InChI is InChI=1S/C7H5NOS.C5H4BrNOS.C5H3BrOS.C4H10N2/c1-2-7(10-5-1)6-3-4-9-8-6;6-4-1-2-9-5(4)3-7-8;6-4-1-2-8-5(4)3-7;1-2-6-4-3-5-1/h1-5H;1-3,8H;1-3H;5-6H,1-4H2. The molecule has 0 saturated carbocycles. The van der Waals surface area contributed by atoms with Gasteiger partial charge in [0.05, 0.1) is 20.8 Å². The minimum atomic E-state index is 0.755. The van der Waals surface area contributed by atoms with Gasteiger partial charge in [0.15, 0.2) is 6.29 Å². The second kappa shape index (κ2) is 16.9. The predicted octanol–water partition coefficient (Wildman–Crippen LogP) is 6.22. The maximum absolute atomic E-state index is 10.1. The summed E-state index contributed by atoms with van der Waals surface area (Å²) < 4.78 is 6.54. The van der Waals surface area contributed by atoms with Crippen LogP contribution in [0.5, 0.6) is 0 Å². The lowest BCUT2D eigenvalue weighted by Crippen LogP contribution is -2.39. The van der Waals surface area contributed by atoms with Crippen LogP contribution in [0.4, 0.5) is 0 Å². The number of hydrogen-bond acceptors (Lipinski definition) is 10. The van der Waals surface area contributed by atoms with E-state index < -0.39 is 0 Å².